The number of hydrogen-bond acceptors (Lipinski definition) is 4. The summed E-state index contributed by atoms with van der Waals surface area (Å²) in [6.07, 6.45) is -1.71. The van der Waals surface area contributed by atoms with E-state index >= 15 is 0 Å². The minimum absolute atomic E-state index is 0.0664. The van der Waals surface area contributed by atoms with Crippen LogP contribution in [0.3, 0.4) is 0 Å². The third-order valence-electron chi connectivity index (χ3n) is 4.61. The van der Waals surface area contributed by atoms with E-state index in [1.54, 1.807) is 11.0 Å². The Kier molecular flexibility index (Phi) is 4.80. The van der Waals surface area contributed by atoms with Gasteiger partial charge in [-0.15, -0.1) is 0 Å². The first-order valence-electron chi connectivity index (χ1n) is 8.26. The molecule has 0 unspecified atom stereocenters. The molecule has 6 nitrogen and oxygen atoms in total. The molecule has 0 spiro atoms. The number of nitrogens with zero attached hydrogens (tertiary/aromatic N) is 2. The molecule has 2 aliphatic heterocycles. The number of nitrogens with two attached hydrogens (primary N) is 1. The number of carbonyl (C=O) groups is 2. The highest BCUT2D eigenvalue weighted by atomic mass is 19.4. The first-order chi connectivity index (χ1) is 12.3. The minimum atomic E-state index is -4.43. The summed E-state index contributed by atoms with van der Waals surface area (Å²) in [4.78, 5) is 26.4. The monoisotopic (exact) mass is 368 g/mol. The van der Waals surface area contributed by atoms with E-state index in [1.165, 1.54) is 17.1 Å². The molecule has 1 aromatic rings. The van der Waals surface area contributed by atoms with Gasteiger partial charge in [0.25, 0.3) is 5.91 Å². The Morgan fingerprint density at radius 3 is 2.23 bits per heavy atom. The number of alkyl halides is 3. The minimum Gasteiger partial charge on any atom is -0.384 e. The molecule has 26 heavy (non-hydrogen) atoms. The molecular formula is C17H19F3N4O2. The first kappa shape index (κ1) is 18.1. The van der Waals surface area contributed by atoms with Gasteiger partial charge in [-0.3, -0.25) is 20.0 Å². The highest BCUT2D eigenvalue weighted by Gasteiger charge is 2.33. The van der Waals surface area contributed by atoms with Crippen LogP contribution in [-0.4, -0.2) is 41.4 Å². The van der Waals surface area contributed by atoms with Crippen molar-refractivity contribution in [2.75, 3.05) is 19.6 Å². The Hall–Kier alpha value is -2.71. The SMILES string of the molecule is NC1=CCN(C(=O)C2CCN(C(=O)c3ccc(C(F)(F)F)cc3)CC2)N1. The maximum Gasteiger partial charge on any atom is 0.416 e. The van der Waals surface area contributed by atoms with E-state index in [0.717, 1.165) is 12.1 Å². The first-order valence-corrected chi connectivity index (χ1v) is 8.26. The van der Waals surface area contributed by atoms with Crippen LogP contribution in [0.4, 0.5) is 13.2 Å². The molecule has 0 radical (unpaired) electrons. The number of nitrogens with one attached hydrogen (secondary N) is 1. The largest absolute Gasteiger partial charge is 0.416 e. The maximum atomic E-state index is 12.6. The fraction of sp³-hybridized carbons (Fsp3) is 0.412. The van der Waals surface area contributed by atoms with Gasteiger partial charge in [0.2, 0.25) is 5.91 Å². The summed E-state index contributed by atoms with van der Waals surface area (Å²) in [6.45, 7) is 1.18. The zero-order valence-electron chi connectivity index (χ0n) is 13.9. The number of carbonyl (C=O) groups excluding carboxylic acids is 2. The molecule has 0 saturated carbocycles. The van der Waals surface area contributed by atoms with Gasteiger partial charge in [0, 0.05) is 24.6 Å². The predicted molar refractivity (Wildman–Crippen MR) is 87.2 cm³/mol. The van der Waals surface area contributed by atoms with Crippen molar-refractivity contribution < 1.29 is 22.8 Å². The standard InChI is InChI=1S/C17H19F3N4O2/c18-17(19,20)13-3-1-11(2-4-13)15(25)23-8-5-12(6-9-23)16(26)24-10-7-14(21)22-24/h1-4,7,12,22H,5-6,8-10,21H2. The zero-order valence-corrected chi connectivity index (χ0v) is 13.9. The molecule has 3 N–H and O–H groups in total. The highest BCUT2D eigenvalue weighted by molar-refractivity contribution is 5.94. The van der Waals surface area contributed by atoms with Crippen LogP contribution in [0.25, 0.3) is 0 Å². The van der Waals surface area contributed by atoms with Gasteiger partial charge in [-0.1, -0.05) is 0 Å². The summed E-state index contributed by atoms with van der Waals surface area (Å²) >= 11 is 0. The summed E-state index contributed by atoms with van der Waals surface area (Å²) in [5.41, 5.74) is 7.79. The Balaban J connectivity index is 1.56. The lowest BCUT2D eigenvalue weighted by molar-refractivity contribution is -0.138. The molecule has 0 aromatic heterocycles. The predicted octanol–water partition coefficient (Wildman–Crippen LogP) is 1.70. The van der Waals surface area contributed by atoms with Crippen molar-refractivity contribution >= 4 is 11.8 Å². The Morgan fingerprint density at radius 2 is 1.73 bits per heavy atom. The molecule has 1 fully saturated rings. The van der Waals surface area contributed by atoms with Crippen molar-refractivity contribution in [1.29, 1.82) is 0 Å². The maximum absolute atomic E-state index is 12.6. The number of hydrazine groups is 1. The summed E-state index contributed by atoms with van der Waals surface area (Å²) in [6, 6.07) is 4.18. The van der Waals surface area contributed by atoms with E-state index in [9.17, 15) is 22.8 Å². The van der Waals surface area contributed by atoms with E-state index < -0.39 is 11.7 Å². The van der Waals surface area contributed by atoms with Crippen LogP contribution in [0.5, 0.6) is 0 Å². The van der Waals surface area contributed by atoms with Crippen molar-refractivity contribution in [3.8, 4) is 0 Å². The number of piperidine rings is 1. The van der Waals surface area contributed by atoms with Crippen molar-refractivity contribution in [2.45, 2.75) is 19.0 Å². The fourth-order valence-corrected chi connectivity index (χ4v) is 3.12. The topological polar surface area (TPSA) is 78.7 Å². The van der Waals surface area contributed by atoms with Crippen LogP contribution in [0.15, 0.2) is 36.2 Å². The van der Waals surface area contributed by atoms with Crippen LogP contribution < -0.4 is 11.2 Å². The van der Waals surface area contributed by atoms with Gasteiger partial charge in [0.1, 0.15) is 5.82 Å². The van der Waals surface area contributed by atoms with E-state index in [1.807, 2.05) is 0 Å². The van der Waals surface area contributed by atoms with Gasteiger partial charge >= 0.3 is 6.18 Å². The second-order valence-corrected chi connectivity index (χ2v) is 6.36. The highest BCUT2D eigenvalue weighted by Crippen LogP contribution is 2.29. The van der Waals surface area contributed by atoms with Crippen LogP contribution in [0.2, 0.25) is 0 Å². The molecular weight excluding hydrogens is 349 g/mol. The quantitative estimate of drug-likeness (QED) is 0.833. The second kappa shape index (κ2) is 6.89. The smallest absolute Gasteiger partial charge is 0.384 e. The Bertz CT molecular complexity index is 723. The van der Waals surface area contributed by atoms with Gasteiger partial charge in [0.05, 0.1) is 12.1 Å². The molecule has 0 bridgehead atoms. The number of amides is 2. The molecule has 2 amide bonds. The van der Waals surface area contributed by atoms with Crippen LogP contribution in [0, 0.1) is 5.92 Å². The molecule has 3 rings (SSSR count). The van der Waals surface area contributed by atoms with Crippen LogP contribution in [-0.2, 0) is 11.0 Å². The third kappa shape index (κ3) is 3.76. The average molecular weight is 368 g/mol. The lowest BCUT2D eigenvalue weighted by Crippen LogP contribution is -2.47. The van der Waals surface area contributed by atoms with Gasteiger partial charge in [0.15, 0.2) is 0 Å². The number of benzene rings is 1. The van der Waals surface area contributed by atoms with Crippen molar-refractivity contribution in [3.63, 3.8) is 0 Å². The van der Waals surface area contributed by atoms with Crippen molar-refractivity contribution in [3.05, 3.63) is 47.3 Å². The molecule has 140 valence electrons. The van der Waals surface area contributed by atoms with Crippen molar-refractivity contribution in [1.82, 2.24) is 15.3 Å². The number of likely N-dealkylation sites (tertiary alicyclic amines) is 1. The molecule has 0 atom stereocenters. The average Bonchev–Trinajstić information content (AvgIpc) is 3.06. The fourth-order valence-electron chi connectivity index (χ4n) is 3.12. The van der Waals surface area contributed by atoms with Gasteiger partial charge in [-0.05, 0) is 43.2 Å². The molecule has 1 aromatic carbocycles. The normalized spacial score (nSPS) is 18.5. The summed E-state index contributed by atoms with van der Waals surface area (Å²) in [7, 11) is 0. The Morgan fingerprint density at radius 1 is 1.12 bits per heavy atom. The van der Waals surface area contributed by atoms with E-state index in [0.29, 0.717) is 38.3 Å². The van der Waals surface area contributed by atoms with Crippen molar-refractivity contribution in [2.24, 2.45) is 11.7 Å². The number of halogens is 3. The van der Waals surface area contributed by atoms with Gasteiger partial charge in [-0.25, -0.2) is 0 Å². The molecule has 2 aliphatic rings. The summed E-state index contributed by atoms with van der Waals surface area (Å²) in [5, 5.41) is 1.45. The Labute approximate surface area is 148 Å². The zero-order chi connectivity index (χ0) is 18.9. The molecule has 9 heteroatoms. The summed E-state index contributed by atoms with van der Waals surface area (Å²) in [5.74, 6) is -0.162. The molecule has 0 aliphatic carbocycles. The number of hydrogen-bond donors (Lipinski definition) is 2. The molecule has 1 saturated heterocycles. The van der Waals surface area contributed by atoms with E-state index in [2.05, 4.69) is 5.43 Å². The van der Waals surface area contributed by atoms with Gasteiger partial charge in [-0.2, -0.15) is 13.2 Å². The summed E-state index contributed by atoms with van der Waals surface area (Å²) < 4.78 is 37.8. The lowest BCUT2D eigenvalue weighted by Gasteiger charge is -2.33. The second-order valence-electron chi connectivity index (χ2n) is 6.36. The van der Waals surface area contributed by atoms with Crippen LogP contribution >= 0.6 is 0 Å². The molecule has 2 heterocycles. The van der Waals surface area contributed by atoms with E-state index in [-0.39, 0.29) is 23.3 Å². The van der Waals surface area contributed by atoms with Crippen LogP contribution in [0.1, 0.15) is 28.8 Å². The van der Waals surface area contributed by atoms with E-state index in [4.69, 9.17) is 5.73 Å². The lowest BCUT2D eigenvalue weighted by atomic mass is 9.95. The van der Waals surface area contributed by atoms with Gasteiger partial charge < -0.3 is 10.6 Å². The number of rotatable bonds is 2. The third-order valence-corrected chi connectivity index (χ3v) is 4.61.